The Kier molecular flexibility index (Phi) is 5.11. The first-order valence-corrected chi connectivity index (χ1v) is 7.57. The Bertz CT molecular complexity index is 394. The molecule has 0 saturated carbocycles. The Labute approximate surface area is 105 Å². The molecule has 0 radical (unpaired) electrons. The van der Waals surface area contributed by atoms with Crippen molar-refractivity contribution < 1.29 is 4.74 Å². The molecule has 88 valence electrons. The van der Waals surface area contributed by atoms with Crippen molar-refractivity contribution in [2.75, 3.05) is 7.11 Å². The molecule has 0 unspecified atom stereocenters. The second kappa shape index (κ2) is 6.12. The number of rotatable bonds is 4. The summed E-state index contributed by atoms with van der Waals surface area (Å²) in [5, 5.41) is 1.18. The first-order chi connectivity index (χ1) is 7.61. The summed E-state index contributed by atoms with van der Waals surface area (Å²) >= 11 is 0.540. The van der Waals surface area contributed by atoms with Crippen molar-refractivity contribution in [2.45, 2.75) is 33.0 Å². The third kappa shape index (κ3) is 2.90. The molecule has 0 amide bonds. The molecule has 2 heteroatoms. The molecule has 0 aromatic heterocycles. The van der Waals surface area contributed by atoms with Crippen LogP contribution in [0.4, 0.5) is 0 Å². The monoisotopic (exact) mass is 284 g/mol. The molecule has 0 fully saturated rings. The predicted molar refractivity (Wildman–Crippen MR) is 72.2 cm³/mol. The van der Waals surface area contributed by atoms with Gasteiger partial charge in [-0.1, -0.05) is 0 Å². The van der Waals surface area contributed by atoms with Gasteiger partial charge in [0.05, 0.1) is 0 Å². The summed E-state index contributed by atoms with van der Waals surface area (Å²) in [6.07, 6.45) is 4.37. The maximum atomic E-state index is 5.43. The number of benzene rings is 1. The summed E-state index contributed by atoms with van der Waals surface area (Å²) in [6, 6.07) is 2.28. The van der Waals surface area contributed by atoms with E-state index in [2.05, 4.69) is 45.9 Å². The number of aryl methyl sites for hydroxylation is 1. The maximum absolute atomic E-state index is 5.43. The zero-order valence-corrected chi connectivity index (χ0v) is 12.5. The van der Waals surface area contributed by atoms with Gasteiger partial charge in [0.15, 0.2) is 0 Å². The van der Waals surface area contributed by atoms with E-state index in [1.807, 2.05) is 0 Å². The van der Waals surface area contributed by atoms with Gasteiger partial charge < -0.3 is 0 Å². The quantitative estimate of drug-likeness (QED) is 0.610. The van der Waals surface area contributed by atoms with Gasteiger partial charge in [0.1, 0.15) is 0 Å². The number of hydrogen-bond acceptors (Lipinski definition) is 1. The van der Waals surface area contributed by atoms with Crippen LogP contribution in [-0.2, 0) is 0 Å². The Hall–Kier alpha value is -0.721. The zero-order chi connectivity index (χ0) is 12.1. The second-order valence-electron chi connectivity index (χ2n) is 3.85. The number of methoxy groups -OCH3 is 1. The van der Waals surface area contributed by atoms with E-state index in [4.69, 9.17) is 4.74 Å². The van der Waals surface area contributed by atoms with Gasteiger partial charge in [-0.25, -0.2) is 0 Å². The predicted octanol–water partition coefficient (Wildman–Crippen LogP) is 2.94. The standard InChI is InChI=1S/C14H20OSe/c1-6-7-8-16-13-9-10(2)14(15-5)12(4)11(13)3/h6-7,9H,8H2,1-5H3/b7-6+. The summed E-state index contributed by atoms with van der Waals surface area (Å²) < 4.78 is 6.93. The molecule has 0 spiro atoms. The number of ether oxygens (including phenoxy) is 1. The van der Waals surface area contributed by atoms with E-state index in [9.17, 15) is 0 Å². The van der Waals surface area contributed by atoms with Crippen molar-refractivity contribution in [1.29, 1.82) is 0 Å². The van der Waals surface area contributed by atoms with Crippen LogP contribution in [0.2, 0.25) is 5.32 Å². The van der Waals surface area contributed by atoms with Crippen molar-refractivity contribution >= 4 is 19.4 Å². The van der Waals surface area contributed by atoms with Gasteiger partial charge in [0.2, 0.25) is 0 Å². The molecule has 0 aliphatic rings. The van der Waals surface area contributed by atoms with Crippen LogP contribution >= 0.6 is 0 Å². The van der Waals surface area contributed by atoms with E-state index in [0.29, 0.717) is 15.0 Å². The van der Waals surface area contributed by atoms with Crippen molar-refractivity contribution in [2.24, 2.45) is 0 Å². The van der Waals surface area contributed by atoms with Crippen LogP contribution in [0.5, 0.6) is 5.75 Å². The molecule has 0 N–H and O–H groups in total. The molecule has 0 aliphatic heterocycles. The van der Waals surface area contributed by atoms with E-state index >= 15 is 0 Å². The van der Waals surface area contributed by atoms with Gasteiger partial charge in [-0.05, 0) is 0 Å². The van der Waals surface area contributed by atoms with Crippen molar-refractivity contribution in [1.82, 2.24) is 0 Å². The van der Waals surface area contributed by atoms with E-state index in [1.165, 1.54) is 26.5 Å². The summed E-state index contributed by atoms with van der Waals surface area (Å²) in [5.41, 5.74) is 3.94. The molecule has 1 rings (SSSR count). The summed E-state index contributed by atoms with van der Waals surface area (Å²) in [5.74, 6) is 1.04. The van der Waals surface area contributed by atoms with Crippen LogP contribution in [0.3, 0.4) is 0 Å². The van der Waals surface area contributed by atoms with Crippen molar-refractivity contribution in [3.63, 3.8) is 0 Å². The molecular formula is C14H20OSe. The summed E-state index contributed by atoms with van der Waals surface area (Å²) in [4.78, 5) is 0. The third-order valence-corrected chi connectivity index (χ3v) is 5.05. The molecule has 1 nitrogen and oxygen atoms in total. The number of hydrogen-bond donors (Lipinski definition) is 0. The average Bonchev–Trinajstić information content (AvgIpc) is 2.26. The fourth-order valence-corrected chi connectivity index (χ4v) is 4.02. The summed E-state index contributed by atoms with van der Waals surface area (Å²) in [7, 11) is 1.75. The van der Waals surface area contributed by atoms with Gasteiger partial charge in [-0.3, -0.25) is 0 Å². The van der Waals surface area contributed by atoms with Gasteiger partial charge in [-0.2, -0.15) is 0 Å². The fraction of sp³-hybridized carbons (Fsp3) is 0.429. The van der Waals surface area contributed by atoms with Crippen LogP contribution in [0.1, 0.15) is 23.6 Å². The summed E-state index contributed by atoms with van der Waals surface area (Å²) in [6.45, 7) is 8.55. The Morgan fingerprint density at radius 3 is 2.50 bits per heavy atom. The van der Waals surface area contributed by atoms with E-state index in [0.717, 1.165) is 5.75 Å². The van der Waals surface area contributed by atoms with Crippen LogP contribution in [0.25, 0.3) is 0 Å². The molecule has 0 bridgehead atoms. The van der Waals surface area contributed by atoms with Crippen LogP contribution in [-0.4, -0.2) is 22.1 Å². The minimum atomic E-state index is 0.540. The van der Waals surface area contributed by atoms with E-state index in [-0.39, 0.29) is 0 Å². The van der Waals surface area contributed by atoms with Crippen LogP contribution in [0, 0.1) is 20.8 Å². The molecule has 0 saturated heterocycles. The Morgan fingerprint density at radius 1 is 1.25 bits per heavy atom. The second-order valence-corrected chi connectivity index (χ2v) is 6.08. The molecule has 0 aliphatic carbocycles. The number of allylic oxidation sites excluding steroid dienone is 2. The molecule has 0 atom stereocenters. The van der Waals surface area contributed by atoms with Gasteiger partial charge in [0, 0.05) is 0 Å². The average molecular weight is 283 g/mol. The first kappa shape index (κ1) is 13.3. The first-order valence-electron chi connectivity index (χ1n) is 5.50. The van der Waals surface area contributed by atoms with Crippen molar-refractivity contribution in [3.8, 4) is 5.75 Å². The molecule has 0 heterocycles. The molecule has 16 heavy (non-hydrogen) atoms. The normalized spacial score (nSPS) is 11.1. The Balaban J connectivity index is 3.03. The molecular weight excluding hydrogens is 263 g/mol. The SMILES string of the molecule is C/C=C/C[Se]c1cc(C)c(OC)c(C)c1C. The van der Waals surface area contributed by atoms with Gasteiger partial charge in [-0.15, -0.1) is 0 Å². The van der Waals surface area contributed by atoms with E-state index < -0.39 is 0 Å². The third-order valence-electron chi connectivity index (χ3n) is 2.75. The molecule has 1 aromatic carbocycles. The van der Waals surface area contributed by atoms with Crippen LogP contribution < -0.4 is 9.20 Å². The Morgan fingerprint density at radius 2 is 1.94 bits per heavy atom. The fourth-order valence-electron chi connectivity index (χ4n) is 1.72. The van der Waals surface area contributed by atoms with Crippen molar-refractivity contribution in [3.05, 3.63) is 34.9 Å². The zero-order valence-electron chi connectivity index (χ0n) is 10.8. The minimum absolute atomic E-state index is 0.540. The molecule has 1 aromatic rings. The van der Waals surface area contributed by atoms with Gasteiger partial charge in [0.25, 0.3) is 0 Å². The van der Waals surface area contributed by atoms with Gasteiger partial charge >= 0.3 is 105 Å². The van der Waals surface area contributed by atoms with Crippen LogP contribution in [0.15, 0.2) is 18.2 Å². The van der Waals surface area contributed by atoms with E-state index in [1.54, 1.807) is 7.11 Å². The topological polar surface area (TPSA) is 9.23 Å².